The van der Waals surface area contributed by atoms with Crippen molar-refractivity contribution >= 4 is 0 Å². The van der Waals surface area contributed by atoms with Gasteiger partial charge in [0.15, 0.2) is 0 Å². The molecule has 0 aliphatic carbocycles. The van der Waals surface area contributed by atoms with Gasteiger partial charge in [-0.1, -0.05) is 0 Å². The Balaban J connectivity index is 2.41. The average molecular weight is 178 g/mol. The van der Waals surface area contributed by atoms with Crippen LogP contribution in [-0.2, 0) is 7.05 Å². The van der Waals surface area contributed by atoms with E-state index in [4.69, 9.17) is 0 Å². The van der Waals surface area contributed by atoms with Crippen molar-refractivity contribution in [1.29, 1.82) is 0 Å². The van der Waals surface area contributed by atoms with E-state index < -0.39 is 0 Å². The standard InChI is InChI=1S/C8H7FN4/c1-13-11-8(10-12-13)6-2-4-7(9)5-3-6/h2-5H,1H3. The van der Waals surface area contributed by atoms with E-state index in [9.17, 15) is 4.39 Å². The Morgan fingerprint density at radius 3 is 2.46 bits per heavy atom. The van der Waals surface area contributed by atoms with Crippen LogP contribution in [-0.4, -0.2) is 20.2 Å². The molecule has 0 aliphatic rings. The highest BCUT2D eigenvalue weighted by Crippen LogP contribution is 2.12. The van der Waals surface area contributed by atoms with E-state index in [1.807, 2.05) is 0 Å². The van der Waals surface area contributed by atoms with Gasteiger partial charge in [-0.15, -0.1) is 10.2 Å². The van der Waals surface area contributed by atoms with Crippen molar-refractivity contribution in [2.75, 3.05) is 0 Å². The molecule has 0 saturated heterocycles. The molecule has 0 aliphatic heterocycles. The summed E-state index contributed by atoms with van der Waals surface area (Å²) in [5, 5.41) is 11.5. The Kier molecular flexibility index (Phi) is 1.77. The molecule has 0 bridgehead atoms. The molecule has 0 unspecified atom stereocenters. The van der Waals surface area contributed by atoms with Crippen LogP contribution in [0.2, 0.25) is 0 Å². The lowest BCUT2D eigenvalue weighted by atomic mass is 10.2. The van der Waals surface area contributed by atoms with Gasteiger partial charge in [-0.3, -0.25) is 0 Å². The zero-order valence-electron chi connectivity index (χ0n) is 6.98. The van der Waals surface area contributed by atoms with E-state index in [1.165, 1.54) is 16.9 Å². The van der Waals surface area contributed by atoms with Crippen LogP contribution in [0.5, 0.6) is 0 Å². The van der Waals surface area contributed by atoms with Crippen molar-refractivity contribution in [2.45, 2.75) is 0 Å². The third kappa shape index (κ3) is 1.53. The summed E-state index contributed by atoms with van der Waals surface area (Å²) in [6.07, 6.45) is 0. The van der Waals surface area contributed by atoms with Gasteiger partial charge in [-0.2, -0.15) is 4.80 Å². The van der Waals surface area contributed by atoms with Crippen LogP contribution in [0.3, 0.4) is 0 Å². The molecule has 13 heavy (non-hydrogen) atoms. The summed E-state index contributed by atoms with van der Waals surface area (Å²) in [5.41, 5.74) is 0.759. The van der Waals surface area contributed by atoms with Gasteiger partial charge in [0.1, 0.15) is 5.82 Å². The van der Waals surface area contributed by atoms with Crippen molar-refractivity contribution in [2.24, 2.45) is 7.05 Å². The number of hydrogen-bond acceptors (Lipinski definition) is 3. The summed E-state index contributed by atoms with van der Waals surface area (Å²) in [6, 6.07) is 5.97. The van der Waals surface area contributed by atoms with Crippen molar-refractivity contribution < 1.29 is 4.39 Å². The van der Waals surface area contributed by atoms with Gasteiger partial charge in [0.05, 0.1) is 7.05 Å². The Hall–Kier alpha value is -1.78. The third-order valence-corrected chi connectivity index (χ3v) is 1.61. The van der Waals surface area contributed by atoms with Crippen LogP contribution >= 0.6 is 0 Å². The first kappa shape index (κ1) is 7.85. The van der Waals surface area contributed by atoms with Gasteiger partial charge in [0.2, 0.25) is 5.82 Å². The van der Waals surface area contributed by atoms with Gasteiger partial charge >= 0.3 is 0 Å². The maximum absolute atomic E-state index is 12.5. The quantitative estimate of drug-likeness (QED) is 0.654. The molecule has 0 amide bonds. The molecule has 2 rings (SSSR count). The summed E-state index contributed by atoms with van der Waals surface area (Å²) in [6.45, 7) is 0. The number of tetrazole rings is 1. The molecule has 2 aromatic rings. The topological polar surface area (TPSA) is 43.6 Å². The fraction of sp³-hybridized carbons (Fsp3) is 0.125. The van der Waals surface area contributed by atoms with Crippen LogP contribution in [0.1, 0.15) is 0 Å². The molecule has 0 radical (unpaired) electrons. The molecule has 66 valence electrons. The lowest BCUT2D eigenvalue weighted by molar-refractivity contribution is 0.627. The van der Waals surface area contributed by atoms with Gasteiger partial charge in [-0.25, -0.2) is 4.39 Å². The number of hydrogen-bond donors (Lipinski definition) is 0. The molecular formula is C8H7FN4. The lowest BCUT2D eigenvalue weighted by Crippen LogP contribution is -1.91. The molecular weight excluding hydrogens is 171 g/mol. The summed E-state index contributed by atoms with van der Waals surface area (Å²) >= 11 is 0. The van der Waals surface area contributed by atoms with E-state index in [2.05, 4.69) is 15.4 Å². The highest BCUT2D eigenvalue weighted by atomic mass is 19.1. The largest absolute Gasteiger partial charge is 0.207 e. The SMILES string of the molecule is Cn1nnc(-c2ccc(F)cc2)n1. The maximum atomic E-state index is 12.5. The summed E-state index contributed by atoms with van der Waals surface area (Å²) in [4.78, 5) is 1.36. The molecule has 0 atom stereocenters. The average Bonchev–Trinajstić information content (AvgIpc) is 2.53. The molecule has 1 aromatic heterocycles. The highest BCUT2D eigenvalue weighted by Gasteiger charge is 2.02. The van der Waals surface area contributed by atoms with Crippen LogP contribution in [0.4, 0.5) is 4.39 Å². The molecule has 0 spiro atoms. The lowest BCUT2D eigenvalue weighted by Gasteiger charge is -1.92. The molecule has 1 heterocycles. The molecule has 0 saturated carbocycles. The minimum absolute atomic E-state index is 0.271. The predicted molar refractivity (Wildman–Crippen MR) is 44.2 cm³/mol. The first-order valence-electron chi connectivity index (χ1n) is 3.75. The van der Waals surface area contributed by atoms with Crippen molar-refractivity contribution in [3.05, 3.63) is 30.1 Å². The van der Waals surface area contributed by atoms with Gasteiger partial charge in [0.25, 0.3) is 0 Å². The number of rotatable bonds is 1. The van der Waals surface area contributed by atoms with E-state index in [-0.39, 0.29) is 5.82 Å². The molecule has 0 N–H and O–H groups in total. The minimum Gasteiger partial charge on any atom is -0.207 e. The normalized spacial score (nSPS) is 10.3. The highest BCUT2D eigenvalue weighted by molar-refractivity contribution is 5.53. The molecule has 1 aromatic carbocycles. The smallest absolute Gasteiger partial charge is 0.204 e. The van der Waals surface area contributed by atoms with Crippen molar-refractivity contribution in [1.82, 2.24) is 20.2 Å². The maximum Gasteiger partial charge on any atom is 0.204 e. The zero-order chi connectivity index (χ0) is 9.26. The van der Waals surface area contributed by atoms with Gasteiger partial charge in [0, 0.05) is 5.56 Å². The molecule has 4 nitrogen and oxygen atoms in total. The number of aryl methyl sites for hydroxylation is 1. The Morgan fingerprint density at radius 1 is 1.23 bits per heavy atom. The Bertz CT molecular complexity index is 406. The third-order valence-electron chi connectivity index (χ3n) is 1.61. The van der Waals surface area contributed by atoms with Crippen LogP contribution in [0.25, 0.3) is 11.4 Å². The van der Waals surface area contributed by atoms with Crippen LogP contribution in [0.15, 0.2) is 24.3 Å². The zero-order valence-corrected chi connectivity index (χ0v) is 6.98. The van der Waals surface area contributed by atoms with E-state index in [0.717, 1.165) is 5.56 Å². The van der Waals surface area contributed by atoms with Crippen LogP contribution in [0, 0.1) is 5.82 Å². The first-order chi connectivity index (χ1) is 6.25. The Labute approximate surface area is 74.0 Å². The fourth-order valence-corrected chi connectivity index (χ4v) is 0.999. The van der Waals surface area contributed by atoms with Crippen LogP contribution < -0.4 is 0 Å². The summed E-state index contributed by atoms with van der Waals surface area (Å²) in [5.74, 6) is 0.232. The summed E-state index contributed by atoms with van der Waals surface area (Å²) in [7, 11) is 1.68. The van der Waals surface area contributed by atoms with Gasteiger partial charge in [-0.05, 0) is 29.5 Å². The van der Waals surface area contributed by atoms with Gasteiger partial charge < -0.3 is 0 Å². The number of benzene rings is 1. The molecule has 5 heteroatoms. The predicted octanol–water partition coefficient (Wildman–Crippen LogP) is 1.02. The minimum atomic E-state index is -0.271. The monoisotopic (exact) mass is 178 g/mol. The second-order valence-corrected chi connectivity index (χ2v) is 2.61. The second-order valence-electron chi connectivity index (χ2n) is 2.61. The summed E-state index contributed by atoms with van der Waals surface area (Å²) < 4.78 is 12.5. The van der Waals surface area contributed by atoms with E-state index in [1.54, 1.807) is 19.2 Å². The second kappa shape index (κ2) is 2.93. The van der Waals surface area contributed by atoms with Crippen molar-refractivity contribution in [3.8, 4) is 11.4 Å². The number of nitrogens with zero attached hydrogens (tertiary/aromatic N) is 4. The number of halogens is 1. The van der Waals surface area contributed by atoms with E-state index in [0.29, 0.717) is 5.82 Å². The first-order valence-corrected chi connectivity index (χ1v) is 3.75. The van der Waals surface area contributed by atoms with E-state index >= 15 is 0 Å². The van der Waals surface area contributed by atoms with Crippen molar-refractivity contribution in [3.63, 3.8) is 0 Å². The Morgan fingerprint density at radius 2 is 1.92 bits per heavy atom. The number of aromatic nitrogens is 4. The fourth-order valence-electron chi connectivity index (χ4n) is 0.999. The molecule has 0 fully saturated rings.